The van der Waals surface area contributed by atoms with E-state index in [2.05, 4.69) is 0 Å². The van der Waals surface area contributed by atoms with Crippen molar-refractivity contribution in [3.63, 3.8) is 0 Å². The van der Waals surface area contributed by atoms with E-state index in [9.17, 15) is 19.2 Å². The van der Waals surface area contributed by atoms with Crippen LogP contribution in [0, 0.1) is 0 Å². The SMILES string of the molecule is O=c1oc(=O)c2c3ccccccc4c5c(=O)oc(=O)c5c5ccccccc(c12)c5c34. The molecular formula is C26H12O6. The Morgan fingerprint density at radius 3 is 0.844 bits per heavy atom. The van der Waals surface area contributed by atoms with Crippen molar-refractivity contribution in [1.82, 2.24) is 0 Å². The Kier molecular flexibility index (Phi) is 3.67. The topological polar surface area (TPSA) is 94.6 Å². The summed E-state index contributed by atoms with van der Waals surface area (Å²) in [6.07, 6.45) is 0. The van der Waals surface area contributed by atoms with Crippen LogP contribution >= 0.6 is 0 Å². The van der Waals surface area contributed by atoms with Gasteiger partial charge in [0.2, 0.25) is 0 Å². The number of furan rings is 2. The molecule has 6 aromatic rings. The predicted molar refractivity (Wildman–Crippen MR) is 124 cm³/mol. The van der Waals surface area contributed by atoms with E-state index < -0.39 is 22.5 Å². The van der Waals surface area contributed by atoms with Crippen molar-refractivity contribution in [3.8, 4) is 0 Å². The highest BCUT2D eigenvalue weighted by molar-refractivity contribution is 6.38. The Bertz CT molecular complexity index is 1730. The molecule has 2 aromatic heterocycles. The second kappa shape index (κ2) is 6.46. The lowest BCUT2D eigenvalue weighted by Crippen LogP contribution is -1.96. The fourth-order valence-corrected chi connectivity index (χ4v) is 4.62. The van der Waals surface area contributed by atoms with Crippen LogP contribution in [-0.4, -0.2) is 0 Å². The van der Waals surface area contributed by atoms with Crippen LogP contribution in [0.15, 0.2) is 101 Å². The highest BCUT2D eigenvalue weighted by atomic mass is 16.4. The van der Waals surface area contributed by atoms with Gasteiger partial charge in [-0.1, -0.05) is 72.8 Å². The largest absolute Gasteiger partial charge is 0.386 e. The predicted octanol–water partition coefficient (Wildman–Crippen LogP) is 4.08. The van der Waals surface area contributed by atoms with Gasteiger partial charge in [0.1, 0.15) is 0 Å². The first-order chi connectivity index (χ1) is 15.6. The zero-order valence-electron chi connectivity index (χ0n) is 16.4. The van der Waals surface area contributed by atoms with Gasteiger partial charge in [0, 0.05) is 0 Å². The lowest BCUT2D eigenvalue weighted by molar-refractivity contribution is 0.500. The zero-order chi connectivity index (χ0) is 22.0. The van der Waals surface area contributed by atoms with Gasteiger partial charge in [0.05, 0.1) is 21.5 Å². The molecule has 0 N–H and O–H groups in total. The first-order valence-corrected chi connectivity index (χ1v) is 9.87. The zero-order valence-corrected chi connectivity index (χ0v) is 16.4. The van der Waals surface area contributed by atoms with Crippen LogP contribution in [-0.2, 0) is 0 Å². The van der Waals surface area contributed by atoms with Gasteiger partial charge in [-0.05, 0) is 32.3 Å². The Balaban J connectivity index is 2.27. The summed E-state index contributed by atoms with van der Waals surface area (Å²) in [7, 11) is 0. The van der Waals surface area contributed by atoms with Gasteiger partial charge in [-0.2, -0.15) is 0 Å². The summed E-state index contributed by atoms with van der Waals surface area (Å²) >= 11 is 0. The molecule has 0 bridgehead atoms. The molecule has 6 heteroatoms. The van der Waals surface area contributed by atoms with E-state index >= 15 is 0 Å². The number of hydrogen-bond acceptors (Lipinski definition) is 6. The van der Waals surface area contributed by atoms with Crippen molar-refractivity contribution in [2.24, 2.45) is 0 Å². The molecule has 0 fully saturated rings. The Labute approximate surface area is 177 Å². The standard InChI is InChI=1S/C26H12O6/c27-23-19-13-9-5-1-2-6-10-14-17(13)18-15(21(19)25(29)31-23)11-7-3-4-8-12-16(18)22-20(14)24(28)32-26(22)30/h1-12H. The molecule has 0 amide bonds. The second-order valence-electron chi connectivity index (χ2n) is 7.46. The summed E-state index contributed by atoms with van der Waals surface area (Å²) in [6, 6.07) is 20.9. The third-order valence-corrected chi connectivity index (χ3v) is 5.81. The lowest BCUT2D eigenvalue weighted by Gasteiger charge is -2.09. The molecule has 0 saturated heterocycles. The molecule has 6 nitrogen and oxygen atoms in total. The number of rotatable bonds is 0. The van der Waals surface area contributed by atoms with Crippen molar-refractivity contribution in [2.45, 2.75) is 0 Å². The monoisotopic (exact) mass is 420 g/mol. The highest BCUT2D eigenvalue weighted by Crippen LogP contribution is 2.40. The molecule has 0 unspecified atom stereocenters. The molecule has 0 aliphatic heterocycles. The van der Waals surface area contributed by atoms with E-state index in [0.717, 1.165) is 0 Å². The Morgan fingerprint density at radius 2 is 0.594 bits per heavy atom. The summed E-state index contributed by atoms with van der Waals surface area (Å²) in [5, 5.41) is 3.49. The molecule has 6 rings (SSSR count). The molecular weight excluding hydrogens is 408 g/mol. The van der Waals surface area contributed by atoms with Crippen molar-refractivity contribution in [1.29, 1.82) is 0 Å². The maximum atomic E-state index is 12.8. The minimum atomic E-state index is -0.749. The molecule has 0 spiro atoms. The van der Waals surface area contributed by atoms with Crippen molar-refractivity contribution < 1.29 is 8.83 Å². The number of benzene rings is 2. The van der Waals surface area contributed by atoms with Crippen LogP contribution < -0.4 is 22.5 Å². The van der Waals surface area contributed by atoms with Gasteiger partial charge in [0.15, 0.2) is 0 Å². The average molecular weight is 420 g/mol. The maximum Gasteiger partial charge on any atom is 0.347 e. The molecule has 0 atom stereocenters. The van der Waals surface area contributed by atoms with E-state index in [1.165, 1.54) is 0 Å². The van der Waals surface area contributed by atoms with Gasteiger partial charge in [0.25, 0.3) is 0 Å². The van der Waals surface area contributed by atoms with Crippen LogP contribution in [0.25, 0.3) is 53.9 Å². The third-order valence-electron chi connectivity index (χ3n) is 5.81. The molecule has 32 heavy (non-hydrogen) atoms. The Hall–Kier alpha value is -4.58. The molecule has 0 radical (unpaired) electrons. The third kappa shape index (κ3) is 2.29. The van der Waals surface area contributed by atoms with Gasteiger partial charge >= 0.3 is 22.5 Å². The van der Waals surface area contributed by atoms with Gasteiger partial charge in [-0.15, -0.1) is 0 Å². The quantitative estimate of drug-likeness (QED) is 0.368. The lowest BCUT2D eigenvalue weighted by atomic mass is 9.91. The molecule has 152 valence electrons. The Morgan fingerprint density at radius 1 is 0.344 bits per heavy atom. The van der Waals surface area contributed by atoms with Crippen molar-refractivity contribution >= 4 is 53.9 Å². The van der Waals surface area contributed by atoms with Gasteiger partial charge in [-0.25, -0.2) is 19.2 Å². The van der Waals surface area contributed by atoms with Crippen LogP contribution in [0.1, 0.15) is 0 Å². The fourth-order valence-electron chi connectivity index (χ4n) is 4.62. The van der Waals surface area contributed by atoms with Gasteiger partial charge < -0.3 is 8.83 Å². The van der Waals surface area contributed by atoms with Crippen LogP contribution in [0.3, 0.4) is 0 Å². The summed E-state index contributed by atoms with van der Waals surface area (Å²) in [6.45, 7) is 0. The molecule has 2 heterocycles. The van der Waals surface area contributed by atoms with Gasteiger partial charge in [-0.3, -0.25) is 0 Å². The van der Waals surface area contributed by atoms with E-state index in [-0.39, 0.29) is 21.5 Å². The first-order valence-electron chi connectivity index (χ1n) is 9.87. The van der Waals surface area contributed by atoms with Crippen LogP contribution in [0.5, 0.6) is 0 Å². The summed E-state index contributed by atoms with van der Waals surface area (Å²) in [5.74, 6) is 0. The normalized spacial score (nSPS) is 11.6. The summed E-state index contributed by atoms with van der Waals surface area (Å²) in [5.41, 5.74) is -3.00. The maximum absolute atomic E-state index is 12.8. The smallest absolute Gasteiger partial charge is 0.347 e. The van der Waals surface area contributed by atoms with E-state index in [0.29, 0.717) is 32.3 Å². The minimum Gasteiger partial charge on any atom is -0.386 e. The van der Waals surface area contributed by atoms with E-state index in [1.807, 2.05) is 0 Å². The van der Waals surface area contributed by atoms with E-state index in [4.69, 9.17) is 8.83 Å². The molecule has 0 saturated carbocycles. The molecule has 4 aromatic carbocycles. The first kappa shape index (κ1) is 18.2. The molecule has 0 aliphatic carbocycles. The van der Waals surface area contributed by atoms with Crippen LogP contribution in [0.2, 0.25) is 0 Å². The number of fused-ring (bicyclic) bond motifs is 6. The highest BCUT2D eigenvalue weighted by Gasteiger charge is 2.23. The summed E-state index contributed by atoms with van der Waals surface area (Å²) < 4.78 is 9.98. The van der Waals surface area contributed by atoms with Crippen molar-refractivity contribution in [2.75, 3.05) is 0 Å². The van der Waals surface area contributed by atoms with E-state index in [1.54, 1.807) is 72.8 Å². The summed E-state index contributed by atoms with van der Waals surface area (Å²) in [4.78, 5) is 51.0. The molecule has 0 aliphatic rings. The number of hydrogen-bond donors (Lipinski definition) is 0. The fraction of sp³-hybridized carbons (Fsp3) is 0. The van der Waals surface area contributed by atoms with Crippen LogP contribution in [0.4, 0.5) is 0 Å². The minimum absolute atomic E-state index is 0.138. The van der Waals surface area contributed by atoms with Crippen molar-refractivity contribution in [3.05, 3.63) is 114 Å². The second-order valence-corrected chi connectivity index (χ2v) is 7.46. The average Bonchev–Trinajstić information content (AvgIpc) is 3.28.